The molecule has 0 unspecified atom stereocenters. The Morgan fingerprint density at radius 2 is 1.77 bits per heavy atom. The van der Waals surface area contributed by atoms with E-state index in [0.717, 1.165) is 0 Å². The van der Waals surface area contributed by atoms with Crippen molar-refractivity contribution in [3.05, 3.63) is 24.3 Å². The van der Waals surface area contributed by atoms with Gasteiger partial charge in [-0.25, -0.2) is 15.0 Å². The molecule has 13 atom stereocenters. The number of cyclic esters (lactones) is 1. The number of nitrogens with zero attached hydrogens (tertiary/aromatic N) is 5. The van der Waals surface area contributed by atoms with E-state index in [0.29, 0.717) is 18.0 Å². The molecule has 4 rings (SSSR count). The number of hydrogen-bond donors (Lipinski definition) is 2. The van der Waals surface area contributed by atoms with Crippen LogP contribution in [0.2, 0.25) is 0 Å². The maximum absolute atomic E-state index is 14.4. The van der Waals surface area contributed by atoms with Crippen LogP contribution in [0.15, 0.2) is 28.6 Å². The van der Waals surface area contributed by atoms with Crippen LogP contribution < -0.4 is 0 Å². The first-order valence-electron chi connectivity index (χ1n) is 19.7. The first-order valence-corrected chi connectivity index (χ1v) is 19.7. The molecule has 0 spiro atoms. The number of esters is 1. The Bertz CT molecular complexity index is 1680. The Kier molecular flexibility index (Phi) is 16.0. The number of carbonyl (C=O) groups excluding carboxylic acids is 3. The number of amides is 1. The summed E-state index contributed by atoms with van der Waals surface area (Å²) in [6.07, 6.45) is -2.02. The zero-order chi connectivity index (χ0) is 42.2. The summed E-state index contributed by atoms with van der Waals surface area (Å²) in [6, 6.07) is 1.35. The van der Waals surface area contributed by atoms with E-state index in [1.807, 2.05) is 32.8 Å². The van der Waals surface area contributed by atoms with Crippen molar-refractivity contribution in [1.29, 1.82) is 0 Å². The number of oxime groups is 1. The number of hydrogen-bond acceptors (Lipinski definition) is 15. The van der Waals surface area contributed by atoms with Gasteiger partial charge in [0.2, 0.25) is 11.7 Å². The summed E-state index contributed by atoms with van der Waals surface area (Å²) in [4.78, 5) is 61.2. The van der Waals surface area contributed by atoms with Crippen molar-refractivity contribution in [3.63, 3.8) is 0 Å². The number of ether oxygens (including phenoxy) is 5. The molecule has 3 aliphatic rings. The van der Waals surface area contributed by atoms with Crippen molar-refractivity contribution in [2.45, 2.75) is 136 Å². The predicted octanol–water partition coefficient (Wildman–Crippen LogP) is 2.76. The third kappa shape index (κ3) is 11.3. The summed E-state index contributed by atoms with van der Waals surface area (Å²) < 4.78 is 32.2. The molecule has 16 nitrogen and oxygen atoms in total. The van der Waals surface area contributed by atoms with Crippen molar-refractivity contribution in [2.24, 2.45) is 33.8 Å². The van der Waals surface area contributed by atoms with Crippen molar-refractivity contribution in [3.8, 4) is 11.8 Å². The molecule has 1 amide bonds. The molecule has 57 heavy (non-hydrogen) atoms. The van der Waals surface area contributed by atoms with Crippen molar-refractivity contribution < 1.29 is 53.1 Å². The SMILES string of the molecule is CC[C@H]1OC(=O)[C@H](C)C(=O)[C@H](C)[C@@H](O[C@@H]2O[C@H](C)C[C@H](N(C)C)[C@H]2O)[C@@]2(C)C[C@@H](C)C(=NC(C)=O)[C@H](C)[C@@H](OC/C(=N\OCC#Cc3ncccn3)CO2)[C@]1(C)O. The molecule has 0 radical (unpaired) electrons. The Balaban J connectivity index is 1.91. The highest BCUT2D eigenvalue weighted by atomic mass is 16.7. The van der Waals surface area contributed by atoms with Crippen LogP contribution in [0.5, 0.6) is 0 Å². The molecule has 3 aliphatic heterocycles. The van der Waals surface area contributed by atoms with Crippen LogP contribution in [0, 0.1) is 35.5 Å². The molecular weight excluding hydrogens is 738 g/mol. The van der Waals surface area contributed by atoms with E-state index in [1.54, 1.807) is 46.2 Å². The van der Waals surface area contributed by atoms with Crippen LogP contribution in [0.3, 0.4) is 0 Å². The fraction of sp³-hybridized carbons (Fsp3) is 0.732. The van der Waals surface area contributed by atoms with Crippen LogP contribution in [-0.4, -0.2) is 142 Å². The number of carbonyl (C=O) groups is 3. The second-order valence-corrected chi connectivity index (χ2v) is 16.2. The lowest BCUT2D eigenvalue weighted by Crippen LogP contribution is -2.60. The van der Waals surface area contributed by atoms with Gasteiger partial charge in [0.1, 0.15) is 29.4 Å². The van der Waals surface area contributed by atoms with Gasteiger partial charge < -0.3 is 43.6 Å². The molecule has 0 aromatic carbocycles. The minimum absolute atomic E-state index is 0.128. The molecule has 0 aliphatic carbocycles. The quantitative estimate of drug-likeness (QED) is 0.140. The van der Waals surface area contributed by atoms with Gasteiger partial charge in [0.05, 0.1) is 37.1 Å². The number of aliphatic imine (C=N–C) groups is 1. The molecule has 1 aromatic heterocycles. The monoisotopic (exact) mass is 799 g/mol. The summed E-state index contributed by atoms with van der Waals surface area (Å²) in [5, 5.41) is 28.3. The van der Waals surface area contributed by atoms with E-state index in [1.165, 1.54) is 20.8 Å². The number of rotatable bonds is 6. The van der Waals surface area contributed by atoms with E-state index >= 15 is 0 Å². The number of fused-ring (bicyclic) bond motifs is 5. The van der Waals surface area contributed by atoms with Crippen molar-refractivity contribution >= 4 is 29.1 Å². The minimum Gasteiger partial charge on any atom is -0.459 e. The molecule has 2 bridgehead atoms. The summed E-state index contributed by atoms with van der Waals surface area (Å²) in [7, 11) is 3.72. The van der Waals surface area contributed by atoms with Gasteiger partial charge in [-0.15, -0.1) is 0 Å². The second-order valence-electron chi connectivity index (χ2n) is 16.2. The Morgan fingerprint density at radius 3 is 2.40 bits per heavy atom. The highest BCUT2D eigenvalue weighted by Crippen LogP contribution is 2.40. The van der Waals surface area contributed by atoms with Gasteiger partial charge in [0.15, 0.2) is 18.7 Å². The van der Waals surface area contributed by atoms with E-state index < -0.39 is 83.2 Å². The molecule has 4 heterocycles. The maximum atomic E-state index is 14.4. The molecule has 316 valence electrons. The van der Waals surface area contributed by atoms with Crippen LogP contribution in [0.1, 0.15) is 87.4 Å². The maximum Gasteiger partial charge on any atom is 0.316 e. The number of Topliss-reactive ketones (excluding diaryl/α,β-unsaturated/α-hetero) is 1. The number of ketones is 1. The normalized spacial score (nSPS) is 38.7. The number of aliphatic hydroxyl groups is 2. The van der Waals surface area contributed by atoms with Gasteiger partial charge in [-0.1, -0.05) is 38.8 Å². The molecule has 2 N–H and O–H groups in total. The lowest BCUT2D eigenvalue weighted by molar-refractivity contribution is -0.296. The summed E-state index contributed by atoms with van der Waals surface area (Å²) in [6.45, 7) is 14.5. The van der Waals surface area contributed by atoms with Crippen LogP contribution >= 0.6 is 0 Å². The third-order valence-corrected chi connectivity index (χ3v) is 11.2. The van der Waals surface area contributed by atoms with E-state index in [-0.39, 0.29) is 50.5 Å². The zero-order valence-corrected chi connectivity index (χ0v) is 35.1. The summed E-state index contributed by atoms with van der Waals surface area (Å²) >= 11 is 0. The topological polar surface area (TPSA) is 201 Å². The Labute approximate surface area is 336 Å². The highest BCUT2D eigenvalue weighted by Gasteiger charge is 2.53. The number of likely N-dealkylation sites (N-methyl/N-ethyl adjacent to an activating group) is 1. The zero-order valence-electron chi connectivity index (χ0n) is 35.1. The average Bonchev–Trinajstić information content (AvgIpc) is 3.17. The lowest BCUT2D eigenvalue weighted by Gasteiger charge is -2.47. The summed E-state index contributed by atoms with van der Waals surface area (Å²) in [5.74, 6) is 0.578. The average molecular weight is 800 g/mol. The largest absolute Gasteiger partial charge is 0.459 e. The lowest BCUT2D eigenvalue weighted by atomic mass is 9.73. The molecule has 3 fully saturated rings. The van der Waals surface area contributed by atoms with Crippen LogP contribution in [0.4, 0.5) is 0 Å². The smallest absolute Gasteiger partial charge is 0.316 e. The van der Waals surface area contributed by atoms with Crippen LogP contribution in [0.25, 0.3) is 0 Å². The molecular formula is C41H61N5O11. The molecule has 1 aromatic rings. The van der Waals surface area contributed by atoms with Gasteiger partial charge >= 0.3 is 5.97 Å². The standard InChI is InChI=1S/C41H61N5O11/c1-12-31-41(9,51)37-25(4)33(44-28(7)47)23(2)20-40(8,53-22-29(21-52-37)45-54-18-13-15-32-42-16-14-17-43-32)36(26(5)34(48)27(6)38(50)56-31)57-39-35(49)30(46(10)11)19-24(3)55-39/h14,16-17,23-27,30-31,35-37,39,49,51H,12,18-22H2,1-11H3/b44-33?,45-29+/t23-,24-,25+,26+,27-,30+,31-,35-,36-,37-,39+,40-,41-/m1/s1. The van der Waals surface area contributed by atoms with E-state index in [9.17, 15) is 24.6 Å². The van der Waals surface area contributed by atoms with Gasteiger partial charge in [-0.2, -0.15) is 0 Å². The van der Waals surface area contributed by atoms with Gasteiger partial charge in [-0.3, -0.25) is 14.4 Å². The fourth-order valence-electron chi connectivity index (χ4n) is 8.24. The van der Waals surface area contributed by atoms with Crippen LogP contribution in [-0.2, 0) is 42.9 Å². The Morgan fingerprint density at radius 1 is 1.09 bits per heavy atom. The number of aliphatic hydroxyl groups excluding tert-OH is 1. The third-order valence-electron chi connectivity index (χ3n) is 11.2. The van der Waals surface area contributed by atoms with E-state index in [4.69, 9.17) is 28.5 Å². The van der Waals surface area contributed by atoms with Gasteiger partial charge in [0.25, 0.3) is 0 Å². The van der Waals surface area contributed by atoms with Gasteiger partial charge in [-0.05, 0) is 79.0 Å². The Hall–Kier alpha value is -3.69. The molecule has 0 saturated carbocycles. The fourth-order valence-corrected chi connectivity index (χ4v) is 8.24. The number of aromatic nitrogens is 2. The van der Waals surface area contributed by atoms with E-state index in [2.05, 4.69) is 32.0 Å². The first-order chi connectivity index (χ1) is 26.8. The predicted molar refractivity (Wildman–Crippen MR) is 209 cm³/mol. The second kappa shape index (κ2) is 19.8. The highest BCUT2D eigenvalue weighted by molar-refractivity contribution is 6.00. The van der Waals surface area contributed by atoms with Crippen molar-refractivity contribution in [2.75, 3.05) is 33.9 Å². The molecule has 3 saturated heterocycles. The van der Waals surface area contributed by atoms with Crippen molar-refractivity contribution in [1.82, 2.24) is 14.9 Å². The molecule has 16 heteroatoms. The minimum atomic E-state index is -1.86. The summed E-state index contributed by atoms with van der Waals surface area (Å²) in [5.41, 5.74) is -2.61. The van der Waals surface area contributed by atoms with Gasteiger partial charge in [0, 0.05) is 42.9 Å². The first kappa shape index (κ1) is 46.0.